The van der Waals surface area contributed by atoms with E-state index in [2.05, 4.69) is 11.9 Å². The van der Waals surface area contributed by atoms with Crippen LogP contribution >= 0.6 is 0 Å². The predicted octanol–water partition coefficient (Wildman–Crippen LogP) is 3.00. The van der Waals surface area contributed by atoms with E-state index in [0.717, 1.165) is 36.7 Å². The topological polar surface area (TPSA) is 49.3 Å². The first-order valence-electron chi connectivity index (χ1n) is 8.32. The molecule has 2 aromatic rings. The van der Waals surface area contributed by atoms with Gasteiger partial charge in [-0.15, -0.1) is 0 Å². The highest BCUT2D eigenvalue weighted by Crippen LogP contribution is 2.38. The SMILES string of the molecule is Cc1cc(N(C)C)nc([C@@]2(C)CCCN2C(=O)c2ccccc2)n1. The van der Waals surface area contributed by atoms with Gasteiger partial charge in [0.2, 0.25) is 0 Å². The summed E-state index contributed by atoms with van der Waals surface area (Å²) in [6.45, 7) is 4.79. The average Bonchev–Trinajstić information content (AvgIpc) is 2.97. The number of benzene rings is 1. The van der Waals surface area contributed by atoms with Crippen LogP contribution < -0.4 is 4.90 Å². The van der Waals surface area contributed by atoms with Crippen LogP contribution in [0.1, 0.15) is 41.6 Å². The second-order valence-corrected chi connectivity index (χ2v) is 6.79. The van der Waals surface area contributed by atoms with E-state index < -0.39 is 5.54 Å². The molecular weight excluding hydrogens is 300 g/mol. The summed E-state index contributed by atoms with van der Waals surface area (Å²) in [4.78, 5) is 26.3. The van der Waals surface area contributed by atoms with Crippen LogP contribution in [0.15, 0.2) is 36.4 Å². The molecule has 0 N–H and O–H groups in total. The summed E-state index contributed by atoms with van der Waals surface area (Å²) in [5.74, 6) is 1.65. The van der Waals surface area contributed by atoms with Crippen molar-refractivity contribution in [3.63, 3.8) is 0 Å². The number of likely N-dealkylation sites (tertiary alicyclic amines) is 1. The van der Waals surface area contributed by atoms with Crippen molar-refractivity contribution in [1.29, 1.82) is 0 Å². The third kappa shape index (κ3) is 2.86. The summed E-state index contributed by atoms with van der Waals surface area (Å²) >= 11 is 0. The molecule has 5 heteroatoms. The highest BCUT2D eigenvalue weighted by molar-refractivity contribution is 5.94. The Morgan fingerprint density at radius 1 is 1.21 bits per heavy atom. The summed E-state index contributed by atoms with van der Waals surface area (Å²) in [6.07, 6.45) is 1.84. The van der Waals surface area contributed by atoms with Gasteiger partial charge in [0, 0.05) is 38.0 Å². The number of nitrogens with zero attached hydrogens (tertiary/aromatic N) is 4. The third-order valence-corrected chi connectivity index (χ3v) is 4.69. The average molecular weight is 324 g/mol. The first-order chi connectivity index (χ1) is 11.4. The molecule has 1 atom stereocenters. The smallest absolute Gasteiger partial charge is 0.254 e. The predicted molar refractivity (Wildman–Crippen MR) is 95.2 cm³/mol. The second kappa shape index (κ2) is 6.23. The first-order valence-corrected chi connectivity index (χ1v) is 8.32. The maximum absolute atomic E-state index is 13.0. The molecule has 0 bridgehead atoms. The number of hydrogen-bond acceptors (Lipinski definition) is 4. The fraction of sp³-hybridized carbons (Fsp3) is 0.421. The van der Waals surface area contributed by atoms with Gasteiger partial charge in [-0.25, -0.2) is 9.97 Å². The van der Waals surface area contributed by atoms with E-state index in [4.69, 9.17) is 4.98 Å². The molecule has 1 amide bonds. The lowest BCUT2D eigenvalue weighted by Crippen LogP contribution is -2.44. The Kier molecular flexibility index (Phi) is 4.26. The van der Waals surface area contributed by atoms with Gasteiger partial charge in [0.15, 0.2) is 5.82 Å². The highest BCUT2D eigenvalue weighted by atomic mass is 16.2. The van der Waals surface area contributed by atoms with Crippen molar-refractivity contribution in [2.75, 3.05) is 25.5 Å². The molecule has 0 saturated carbocycles. The van der Waals surface area contributed by atoms with Gasteiger partial charge in [-0.05, 0) is 38.8 Å². The fourth-order valence-corrected chi connectivity index (χ4v) is 3.28. The molecule has 126 valence electrons. The summed E-state index contributed by atoms with van der Waals surface area (Å²) in [6, 6.07) is 11.4. The highest BCUT2D eigenvalue weighted by Gasteiger charge is 2.43. The minimum absolute atomic E-state index is 0.0482. The van der Waals surface area contributed by atoms with Gasteiger partial charge in [-0.2, -0.15) is 0 Å². The van der Waals surface area contributed by atoms with Crippen LogP contribution in [0.25, 0.3) is 0 Å². The fourth-order valence-electron chi connectivity index (χ4n) is 3.28. The summed E-state index contributed by atoms with van der Waals surface area (Å²) in [7, 11) is 3.94. The van der Waals surface area contributed by atoms with Gasteiger partial charge in [-0.1, -0.05) is 18.2 Å². The molecule has 1 aliphatic heterocycles. The molecule has 1 saturated heterocycles. The van der Waals surface area contributed by atoms with E-state index in [0.29, 0.717) is 5.56 Å². The van der Waals surface area contributed by atoms with Crippen molar-refractivity contribution >= 4 is 11.7 Å². The van der Waals surface area contributed by atoms with Crippen molar-refractivity contribution in [2.24, 2.45) is 0 Å². The Hall–Kier alpha value is -2.43. The minimum Gasteiger partial charge on any atom is -0.363 e. The van der Waals surface area contributed by atoms with E-state index in [1.807, 2.05) is 67.2 Å². The van der Waals surface area contributed by atoms with Gasteiger partial charge in [0.1, 0.15) is 11.4 Å². The van der Waals surface area contributed by atoms with E-state index in [1.165, 1.54) is 0 Å². The zero-order chi connectivity index (χ0) is 17.3. The molecule has 0 radical (unpaired) electrons. The Bertz CT molecular complexity index is 744. The zero-order valence-corrected chi connectivity index (χ0v) is 14.8. The van der Waals surface area contributed by atoms with Crippen LogP contribution in [0.5, 0.6) is 0 Å². The summed E-state index contributed by atoms with van der Waals surface area (Å²) in [5, 5.41) is 0. The van der Waals surface area contributed by atoms with Gasteiger partial charge in [0.25, 0.3) is 5.91 Å². The molecule has 1 aromatic carbocycles. The van der Waals surface area contributed by atoms with E-state index in [1.54, 1.807) is 0 Å². The van der Waals surface area contributed by atoms with Crippen LogP contribution in [0.3, 0.4) is 0 Å². The molecule has 3 rings (SSSR count). The number of carbonyl (C=O) groups is 1. The standard InChI is InChI=1S/C19H24N4O/c1-14-13-16(22(3)4)21-18(20-14)19(2)11-8-12-23(19)17(24)15-9-6-5-7-10-15/h5-7,9-10,13H,8,11-12H2,1-4H3/t19-/m1/s1. The van der Waals surface area contributed by atoms with Crippen molar-refractivity contribution in [1.82, 2.24) is 14.9 Å². The molecule has 0 aliphatic carbocycles. The molecule has 1 aromatic heterocycles. The molecule has 24 heavy (non-hydrogen) atoms. The lowest BCUT2D eigenvalue weighted by Gasteiger charge is -2.34. The number of rotatable bonds is 3. The van der Waals surface area contributed by atoms with Crippen LogP contribution in [0.2, 0.25) is 0 Å². The number of aryl methyl sites for hydroxylation is 1. The Labute approximate surface area is 143 Å². The molecule has 0 spiro atoms. The molecule has 5 nitrogen and oxygen atoms in total. The van der Waals surface area contributed by atoms with Crippen LogP contribution in [0.4, 0.5) is 5.82 Å². The van der Waals surface area contributed by atoms with E-state index in [9.17, 15) is 4.79 Å². The van der Waals surface area contributed by atoms with Crippen LogP contribution in [-0.2, 0) is 5.54 Å². The lowest BCUT2D eigenvalue weighted by molar-refractivity contribution is 0.0604. The van der Waals surface area contributed by atoms with E-state index in [-0.39, 0.29) is 5.91 Å². The van der Waals surface area contributed by atoms with Gasteiger partial charge < -0.3 is 9.80 Å². The second-order valence-electron chi connectivity index (χ2n) is 6.79. The monoisotopic (exact) mass is 324 g/mol. The number of anilines is 1. The number of carbonyl (C=O) groups excluding carboxylic acids is 1. The van der Waals surface area contributed by atoms with Crippen molar-refractivity contribution in [3.8, 4) is 0 Å². The summed E-state index contributed by atoms with van der Waals surface area (Å²) < 4.78 is 0. The zero-order valence-electron chi connectivity index (χ0n) is 14.8. The first kappa shape index (κ1) is 16.4. The molecular formula is C19H24N4O. The van der Waals surface area contributed by atoms with Crippen molar-refractivity contribution < 1.29 is 4.79 Å². The van der Waals surface area contributed by atoms with E-state index >= 15 is 0 Å². The number of amides is 1. The van der Waals surface area contributed by atoms with Crippen LogP contribution in [-0.4, -0.2) is 41.4 Å². The Balaban J connectivity index is 2.01. The minimum atomic E-state index is -0.469. The number of aromatic nitrogens is 2. The Morgan fingerprint density at radius 3 is 2.58 bits per heavy atom. The van der Waals surface area contributed by atoms with Gasteiger partial charge >= 0.3 is 0 Å². The normalized spacial score (nSPS) is 20.2. The molecule has 2 heterocycles. The third-order valence-electron chi connectivity index (χ3n) is 4.69. The largest absolute Gasteiger partial charge is 0.363 e. The van der Waals surface area contributed by atoms with Gasteiger partial charge in [0.05, 0.1) is 0 Å². The maximum atomic E-state index is 13.0. The molecule has 1 fully saturated rings. The summed E-state index contributed by atoms with van der Waals surface area (Å²) in [5.41, 5.74) is 1.17. The quantitative estimate of drug-likeness (QED) is 0.871. The van der Waals surface area contributed by atoms with Crippen molar-refractivity contribution in [2.45, 2.75) is 32.2 Å². The Morgan fingerprint density at radius 2 is 1.92 bits per heavy atom. The number of hydrogen-bond donors (Lipinski definition) is 0. The van der Waals surface area contributed by atoms with Gasteiger partial charge in [-0.3, -0.25) is 4.79 Å². The molecule has 1 aliphatic rings. The maximum Gasteiger partial charge on any atom is 0.254 e. The lowest BCUT2D eigenvalue weighted by atomic mass is 9.96. The van der Waals surface area contributed by atoms with Crippen LogP contribution in [0, 0.1) is 6.92 Å². The van der Waals surface area contributed by atoms with Crippen molar-refractivity contribution in [3.05, 3.63) is 53.5 Å². The molecule has 0 unspecified atom stereocenters.